The minimum Gasteiger partial charge on any atom is -0.498 e. The molecule has 0 fully saturated rings. The molecule has 1 aliphatic carbocycles. The van der Waals surface area contributed by atoms with Crippen LogP contribution in [0.15, 0.2) is 53.8 Å². The highest BCUT2D eigenvalue weighted by molar-refractivity contribution is 5.27. The van der Waals surface area contributed by atoms with E-state index in [-0.39, 0.29) is 6.10 Å². The lowest BCUT2D eigenvalue weighted by molar-refractivity contribution is 0.0494. The second-order valence-corrected chi connectivity index (χ2v) is 5.70. The molecule has 0 radical (unpaired) electrons. The fourth-order valence-electron chi connectivity index (χ4n) is 2.93. The Bertz CT molecular complexity index is 507. The number of methoxy groups -OCH3 is 2. The second-order valence-electron chi connectivity index (χ2n) is 5.70. The molecule has 120 valence electrons. The highest BCUT2D eigenvalue weighted by Gasteiger charge is 2.27. The first-order chi connectivity index (χ1) is 10.8. The Hall–Kier alpha value is -1.58. The molecule has 0 heterocycles. The third-order valence-electron chi connectivity index (χ3n) is 4.29. The van der Waals surface area contributed by atoms with Gasteiger partial charge in [0.1, 0.15) is 11.9 Å². The monoisotopic (exact) mass is 301 g/mol. The topological polar surface area (TPSA) is 30.5 Å². The molecule has 0 aliphatic heterocycles. The van der Waals surface area contributed by atoms with E-state index in [1.54, 1.807) is 14.2 Å². The van der Waals surface area contributed by atoms with Gasteiger partial charge in [-0.05, 0) is 37.6 Å². The van der Waals surface area contributed by atoms with Gasteiger partial charge in [0.05, 0.1) is 7.11 Å². The van der Waals surface area contributed by atoms with Crippen LogP contribution in [0.25, 0.3) is 0 Å². The van der Waals surface area contributed by atoms with Gasteiger partial charge in [-0.1, -0.05) is 48.9 Å². The van der Waals surface area contributed by atoms with Crippen LogP contribution in [0.4, 0.5) is 0 Å². The van der Waals surface area contributed by atoms with E-state index in [1.165, 1.54) is 11.1 Å². The van der Waals surface area contributed by atoms with Crippen LogP contribution in [0.2, 0.25) is 0 Å². The molecule has 0 aromatic heterocycles. The molecule has 2 rings (SSSR count). The van der Waals surface area contributed by atoms with Crippen molar-refractivity contribution in [2.24, 2.45) is 5.92 Å². The van der Waals surface area contributed by atoms with Gasteiger partial charge in [0.25, 0.3) is 0 Å². The van der Waals surface area contributed by atoms with Crippen LogP contribution in [-0.2, 0) is 15.9 Å². The molecule has 0 spiro atoms. The zero-order valence-electron chi connectivity index (χ0n) is 13.8. The van der Waals surface area contributed by atoms with Gasteiger partial charge in [0.15, 0.2) is 0 Å². The predicted molar refractivity (Wildman–Crippen MR) is 90.8 cm³/mol. The zero-order valence-corrected chi connectivity index (χ0v) is 13.8. The summed E-state index contributed by atoms with van der Waals surface area (Å²) in [5.41, 5.74) is 2.80. The Kier molecular flexibility index (Phi) is 6.69. The lowest BCUT2D eigenvalue weighted by Gasteiger charge is -2.29. The summed E-state index contributed by atoms with van der Waals surface area (Å²) in [7, 11) is 3.45. The zero-order chi connectivity index (χ0) is 15.8. The molecule has 0 saturated heterocycles. The predicted octanol–water partition coefficient (Wildman–Crippen LogP) is 3.33. The van der Waals surface area contributed by atoms with Crippen molar-refractivity contribution in [2.75, 3.05) is 27.3 Å². The van der Waals surface area contributed by atoms with E-state index in [2.05, 4.69) is 48.6 Å². The minimum atomic E-state index is 0.0364. The van der Waals surface area contributed by atoms with E-state index in [0.29, 0.717) is 5.92 Å². The molecule has 22 heavy (non-hydrogen) atoms. The first-order valence-electron chi connectivity index (χ1n) is 7.98. The third kappa shape index (κ3) is 4.46. The Morgan fingerprint density at radius 3 is 2.41 bits per heavy atom. The van der Waals surface area contributed by atoms with Crippen LogP contribution < -0.4 is 5.32 Å². The van der Waals surface area contributed by atoms with Gasteiger partial charge in [0, 0.05) is 13.0 Å². The van der Waals surface area contributed by atoms with Gasteiger partial charge < -0.3 is 14.8 Å². The van der Waals surface area contributed by atoms with Gasteiger partial charge in [0.2, 0.25) is 0 Å². The summed E-state index contributed by atoms with van der Waals surface area (Å²) in [5, 5.41) is 3.53. The summed E-state index contributed by atoms with van der Waals surface area (Å²) in [6.45, 7) is 4.21. The Morgan fingerprint density at radius 2 is 1.73 bits per heavy atom. The molecule has 0 saturated carbocycles. The lowest BCUT2D eigenvalue weighted by Crippen LogP contribution is -2.29. The summed E-state index contributed by atoms with van der Waals surface area (Å²) in [6.07, 6.45) is 6.37. The van der Waals surface area contributed by atoms with Gasteiger partial charge in [-0.3, -0.25) is 0 Å². The maximum atomic E-state index is 5.57. The van der Waals surface area contributed by atoms with Crippen molar-refractivity contribution >= 4 is 0 Å². The van der Waals surface area contributed by atoms with Crippen molar-refractivity contribution in [3.05, 3.63) is 59.4 Å². The second kappa shape index (κ2) is 8.76. The molecule has 2 atom stereocenters. The van der Waals surface area contributed by atoms with E-state index in [0.717, 1.165) is 31.7 Å². The van der Waals surface area contributed by atoms with Crippen molar-refractivity contribution in [1.29, 1.82) is 0 Å². The fourth-order valence-corrected chi connectivity index (χ4v) is 2.93. The van der Waals surface area contributed by atoms with E-state index >= 15 is 0 Å². The van der Waals surface area contributed by atoms with E-state index < -0.39 is 0 Å². The third-order valence-corrected chi connectivity index (χ3v) is 4.29. The van der Waals surface area contributed by atoms with Crippen LogP contribution in [0, 0.1) is 5.92 Å². The molecular formula is C19H27NO2. The molecule has 2 unspecified atom stereocenters. The molecule has 3 heteroatoms. The summed E-state index contributed by atoms with van der Waals surface area (Å²) < 4.78 is 10.9. The average Bonchev–Trinajstić information content (AvgIpc) is 2.56. The van der Waals surface area contributed by atoms with Gasteiger partial charge in [-0.15, -0.1) is 0 Å². The first kappa shape index (κ1) is 16.8. The maximum Gasteiger partial charge on any atom is 0.125 e. The van der Waals surface area contributed by atoms with Crippen LogP contribution in [0.5, 0.6) is 0 Å². The van der Waals surface area contributed by atoms with E-state index in [9.17, 15) is 0 Å². The number of allylic oxidation sites excluding steroid dienone is 2. The number of hydrogen-bond donors (Lipinski definition) is 1. The van der Waals surface area contributed by atoms with Gasteiger partial charge >= 0.3 is 0 Å². The van der Waals surface area contributed by atoms with E-state index in [4.69, 9.17) is 9.47 Å². The SMILES string of the molecule is COC1=CC=C(CCNCCc2ccccc2)C(C)C1OC. The highest BCUT2D eigenvalue weighted by Crippen LogP contribution is 2.29. The van der Waals surface area contributed by atoms with Crippen molar-refractivity contribution < 1.29 is 9.47 Å². The molecule has 1 aromatic carbocycles. The summed E-state index contributed by atoms with van der Waals surface area (Å²) in [4.78, 5) is 0. The number of ether oxygens (including phenoxy) is 2. The summed E-state index contributed by atoms with van der Waals surface area (Å²) >= 11 is 0. The van der Waals surface area contributed by atoms with Crippen LogP contribution in [-0.4, -0.2) is 33.4 Å². The van der Waals surface area contributed by atoms with Crippen LogP contribution in [0.1, 0.15) is 18.9 Å². The van der Waals surface area contributed by atoms with Gasteiger partial charge in [-0.2, -0.15) is 0 Å². The van der Waals surface area contributed by atoms with Crippen molar-refractivity contribution in [3.8, 4) is 0 Å². The lowest BCUT2D eigenvalue weighted by atomic mass is 9.87. The average molecular weight is 301 g/mol. The summed E-state index contributed by atoms with van der Waals surface area (Å²) in [6, 6.07) is 10.6. The van der Waals surface area contributed by atoms with Gasteiger partial charge in [-0.25, -0.2) is 0 Å². The quantitative estimate of drug-likeness (QED) is 0.747. The minimum absolute atomic E-state index is 0.0364. The standard InChI is InChI=1S/C19H27NO2/c1-15-17(9-10-18(21-2)19(15)22-3)12-14-20-13-11-16-7-5-4-6-8-16/h4-10,15,19-20H,11-14H2,1-3H3. The fraction of sp³-hybridized carbons (Fsp3) is 0.474. The normalized spacial score (nSPS) is 21.2. The van der Waals surface area contributed by atoms with Crippen LogP contribution >= 0.6 is 0 Å². The number of nitrogens with one attached hydrogen (secondary N) is 1. The largest absolute Gasteiger partial charge is 0.498 e. The Morgan fingerprint density at radius 1 is 1.00 bits per heavy atom. The molecule has 1 aliphatic rings. The van der Waals surface area contributed by atoms with E-state index in [1.807, 2.05) is 6.08 Å². The highest BCUT2D eigenvalue weighted by atomic mass is 16.5. The molecule has 0 amide bonds. The molecule has 3 nitrogen and oxygen atoms in total. The Balaban J connectivity index is 1.74. The molecule has 1 aromatic rings. The van der Waals surface area contributed by atoms with Crippen molar-refractivity contribution in [1.82, 2.24) is 5.32 Å². The Labute approximate surface area is 134 Å². The number of hydrogen-bond acceptors (Lipinski definition) is 3. The number of rotatable bonds is 8. The summed E-state index contributed by atoms with van der Waals surface area (Å²) in [5.74, 6) is 1.27. The van der Waals surface area contributed by atoms with Crippen molar-refractivity contribution in [2.45, 2.75) is 25.9 Å². The smallest absolute Gasteiger partial charge is 0.125 e. The number of benzene rings is 1. The van der Waals surface area contributed by atoms with Crippen LogP contribution in [0.3, 0.4) is 0 Å². The van der Waals surface area contributed by atoms with Crippen molar-refractivity contribution in [3.63, 3.8) is 0 Å². The molecule has 1 N–H and O–H groups in total. The first-order valence-corrected chi connectivity index (χ1v) is 7.98. The maximum absolute atomic E-state index is 5.57. The molecular weight excluding hydrogens is 274 g/mol. The molecule has 0 bridgehead atoms.